The van der Waals surface area contributed by atoms with E-state index in [4.69, 9.17) is 0 Å². The predicted molar refractivity (Wildman–Crippen MR) is 104 cm³/mol. The van der Waals surface area contributed by atoms with Crippen molar-refractivity contribution in [3.05, 3.63) is 48.0 Å². The Kier molecular flexibility index (Phi) is 5.28. The Morgan fingerprint density at radius 2 is 1.96 bits per heavy atom. The molecule has 2 unspecified atom stereocenters. The van der Waals surface area contributed by atoms with Crippen LogP contribution in [0.25, 0.3) is 10.8 Å². The first-order chi connectivity index (χ1) is 12.0. The summed E-state index contributed by atoms with van der Waals surface area (Å²) in [4.78, 5) is 17.0. The Morgan fingerprint density at radius 3 is 2.72 bits per heavy atom. The maximum absolute atomic E-state index is 12.8. The third kappa shape index (κ3) is 3.79. The normalized spacial score (nSPS) is 22.6. The Bertz CT molecular complexity index is 740. The second-order valence-electron chi connectivity index (χ2n) is 7.45. The highest BCUT2D eigenvalue weighted by molar-refractivity contribution is 5.86. The minimum Gasteiger partial charge on any atom is -0.331 e. The van der Waals surface area contributed by atoms with Crippen molar-refractivity contribution in [3.63, 3.8) is 0 Å². The zero-order valence-corrected chi connectivity index (χ0v) is 15.7. The standard InChI is InChI=1S/C21H29N3O/c1-15-14-23(3)13-12-20(15)24(4)21(25)22-16(2)18-11-7-9-17-8-5-6-10-19(17)18/h5-11,15-16,20H,12-14H2,1-4H3,(H,22,25)/t15?,16-,20?/m1/s1. The van der Waals surface area contributed by atoms with E-state index in [1.807, 2.05) is 24.1 Å². The lowest BCUT2D eigenvalue weighted by Gasteiger charge is -2.40. The highest BCUT2D eigenvalue weighted by atomic mass is 16.2. The molecule has 3 rings (SSSR count). The number of benzene rings is 2. The Hall–Kier alpha value is -2.07. The van der Waals surface area contributed by atoms with Gasteiger partial charge in [0.25, 0.3) is 0 Å². The molecule has 2 aromatic carbocycles. The number of nitrogens with zero attached hydrogens (tertiary/aromatic N) is 2. The molecule has 1 aliphatic heterocycles. The molecule has 1 fully saturated rings. The number of piperidine rings is 1. The quantitative estimate of drug-likeness (QED) is 0.921. The second-order valence-corrected chi connectivity index (χ2v) is 7.45. The van der Waals surface area contributed by atoms with E-state index in [2.05, 4.69) is 61.4 Å². The third-order valence-corrected chi connectivity index (χ3v) is 5.51. The van der Waals surface area contributed by atoms with Crippen molar-refractivity contribution < 1.29 is 4.79 Å². The van der Waals surface area contributed by atoms with Gasteiger partial charge >= 0.3 is 6.03 Å². The van der Waals surface area contributed by atoms with E-state index in [1.54, 1.807) is 0 Å². The first kappa shape index (κ1) is 17.7. The topological polar surface area (TPSA) is 35.6 Å². The van der Waals surface area contributed by atoms with Gasteiger partial charge in [0.1, 0.15) is 0 Å². The van der Waals surface area contributed by atoms with Crippen LogP contribution >= 0.6 is 0 Å². The highest BCUT2D eigenvalue weighted by Crippen LogP contribution is 2.25. The van der Waals surface area contributed by atoms with Crippen LogP contribution in [-0.4, -0.2) is 49.1 Å². The van der Waals surface area contributed by atoms with Crippen molar-refractivity contribution in [2.24, 2.45) is 5.92 Å². The van der Waals surface area contributed by atoms with Gasteiger partial charge in [-0.15, -0.1) is 0 Å². The van der Waals surface area contributed by atoms with Crippen LogP contribution in [0, 0.1) is 5.92 Å². The molecule has 0 bridgehead atoms. The molecule has 3 atom stereocenters. The van der Waals surface area contributed by atoms with Gasteiger partial charge in [-0.1, -0.05) is 49.4 Å². The molecule has 2 aromatic rings. The lowest BCUT2D eigenvalue weighted by molar-refractivity contribution is 0.106. The molecule has 134 valence electrons. The van der Waals surface area contributed by atoms with E-state index in [0.717, 1.165) is 25.1 Å². The average molecular weight is 339 g/mol. The summed E-state index contributed by atoms with van der Waals surface area (Å²) >= 11 is 0. The molecule has 0 aromatic heterocycles. The van der Waals surface area contributed by atoms with E-state index in [0.29, 0.717) is 12.0 Å². The van der Waals surface area contributed by atoms with Gasteiger partial charge < -0.3 is 15.1 Å². The van der Waals surface area contributed by atoms with Crippen molar-refractivity contribution in [1.29, 1.82) is 0 Å². The number of hydrogen-bond acceptors (Lipinski definition) is 2. The average Bonchev–Trinajstić information content (AvgIpc) is 2.60. The molecule has 2 amide bonds. The zero-order chi connectivity index (χ0) is 18.0. The molecule has 1 aliphatic rings. The van der Waals surface area contributed by atoms with Gasteiger partial charge in [0.15, 0.2) is 0 Å². The molecule has 1 N–H and O–H groups in total. The fraction of sp³-hybridized carbons (Fsp3) is 0.476. The largest absolute Gasteiger partial charge is 0.331 e. The van der Waals surface area contributed by atoms with Crippen molar-refractivity contribution in [1.82, 2.24) is 15.1 Å². The van der Waals surface area contributed by atoms with Gasteiger partial charge in [-0.25, -0.2) is 4.79 Å². The molecule has 1 heterocycles. The second kappa shape index (κ2) is 7.44. The van der Waals surface area contributed by atoms with Crippen LogP contribution in [0.4, 0.5) is 4.79 Å². The third-order valence-electron chi connectivity index (χ3n) is 5.51. The summed E-state index contributed by atoms with van der Waals surface area (Å²) < 4.78 is 0. The Morgan fingerprint density at radius 1 is 1.24 bits per heavy atom. The number of urea groups is 1. The number of nitrogens with one attached hydrogen (secondary N) is 1. The Balaban J connectivity index is 1.71. The minimum absolute atomic E-state index is 0.0156. The number of rotatable bonds is 3. The molecule has 0 aliphatic carbocycles. The smallest absolute Gasteiger partial charge is 0.317 e. The van der Waals surface area contributed by atoms with Crippen molar-refractivity contribution >= 4 is 16.8 Å². The van der Waals surface area contributed by atoms with E-state index >= 15 is 0 Å². The summed E-state index contributed by atoms with van der Waals surface area (Å²) in [5, 5.41) is 5.60. The predicted octanol–water partition coefficient (Wildman–Crippen LogP) is 3.88. The lowest BCUT2D eigenvalue weighted by Crippen LogP contribution is -2.52. The number of likely N-dealkylation sites (tertiary alicyclic amines) is 1. The summed E-state index contributed by atoms with van der Waals surface area (Å²) in [7, 11) is 4.08. The van der Waals surface area contributed by atoms with Crippen LogP contribution in [0.3, 0.4) is 0 Å². The van der Waals surface area contributed by atoms with E-state index in [-0.39, 0.29) is 12.1 Å². The molecular weight excluding hydrogens is 310 g/mol. The molecule has 25 heavy (non-hydrogen) atoms. The van der Waals surface area contributed by atoms with Crippen LogP contribution < -0.4 is 5.32 Å². The van der Waals surface area contributed by atoms with Crippen LogP contribution in [0.2, 0.25) is 0 Å². The monoisotopic (exact) mass is 339 g/mol. The number of carbonyl (C=O) groups excluding carboxylic acids is 1. The number of carbonyl (C=O) groups is 1. The molecule has 4 heteroatoms. The fourth-order valence-electron chi connectivity index (χ4n) is 4.06. The minimum atomic E-state index is -0.0254. The molecular formula is C21H29N3O. The van der Waals surface area contributed by atoms with E-state index in [1.165, 1.54) is 10.8 Å². The van der Waals surface area contributed by atoms with E-state index < -0.39 is 0 Å². The van der Waals surface area contributed by atoms with Crippen LogP contribution in [0.5, 0.6) is 0 Å². The van der Waals surface area contributed by atoms with Crippen molar-refractivity contribution in [2.45, 2.75) is 32.4 Å². The summed E-state index contributed by atoms with van der Waals surface area (Å²) in [5.74, 6) is 0.488. The maximum Gasteiger partial charge on any atom is 0.317 e. The molecule has 4 nitrogen and oxygen atoms in total. The first-order valence-electron chi connectivity index (χ1n) is 9.17. The lowest BCUT2D eigenvalue weighted by atomic mass is 9.93. The fourth-order valence-corrected chi connectivity index (χ4v) is 4.06. The SMILES string of the molecule is CC1CN(C)CCC1N(C)C(=O)N[C@H](C)c1cccc2ccccc12. The van der Waals surface area contributed by atoms with E-state index in [9.17, 15) is 4.79 Å². The van der Waals surface area contributed by atoms with Gasteiger partial charge in [0, 0.05) is 19.6 Å². The first-order valence-corrected chi connectivity index (χ1v) is 9.17. The van der Waals surface area contributed by atoms with Gasteiger partial charge in [-0.2, -0.15) is 0 Å². The van der Waals surface area contributed by atoms with Crippen molar-refractivity contribution in [2.75, 3.05) is 27.2 Å². The number of hydrogen-bond donors (Lipinski definition) is 1. The van der Waals surface area contributed by atoms with Crippen molar-refractivity contribution in [3.8, 4) is 0 Å². The zero-order valence-electron chi connectivity index (χ0n) is 15.7. The van der Waals surface area contributed by atoms with Crippen LogP contribution in [0.1, 0.15) is 31.9 Å². The van der Waals surface area contributed by atoms with Gasteiger partial charge in [0.2, 0.25) is 0 Å². The van der Waals surface area contributed by atoms with Crippen LogP contribution in [-0.2, 0) is 0 Å². The summed E-state index contributed by atoms with van der Waals surface area (Å²) in [5.41, 5.74) is 1.16. The van der Waals surface area contributed by atoms with Gasteiger partial charge in [-0.3, -0.25) is 0 Å². The molecule has 0 radical (unpaired) electrons. The van der Waals surface area contributed by atoms with Crippen LogP contribution in [0.15, 0.2) is 42.5 Å². The number of amides is 2. The van der Waals surface area contributed by atoms with Gasteiger partial charge in [0.05, 0.1) is 6.04 Å². The summed E-state index contributed by atoms with van der Waals surface area (Å²) in [6, 6.07) is 14.9. The molecule has 1 saturated heterocycles. The van der Waals surface area contributed by atoms with Gasteiger partial charge in [-0.05, 0) is 49.2 Å². The summed E-state index contributed by atoms with van der Waals surface area (Å²) in [6.45, 7) is 6.39. The maximum atomic E-state index is 12.8. The summed E-state index contributed by atoms with van der Waals surface area (Å²) in [6.07, 6.45) is 1.03. The Labute approximate surface area is 150 Å². The number of fused-ring (bicyclic) bond motifs is 1. The molecule has 0 spiro atoms. The molecule has 0 saturated carbocycles. The highest BCUT2D eigenvalue weighted by Gasteiger charge is 2.30.